The van der Waals surface area contributed by atoms with Crippen molar-refractivity contribution in [2.75, 3.05) is 26.7 Å². The van der Waals surface area contributed by atoms with Crippen molar-refractivity contribution in [3.8, 4) is 0 Å². The Morgan fingerprint density at radius 2 is 1.78 bits per heavy atom. The average Bonchev–Trinajstić information content (AvgIpc) is 2.90. The van der Waals surface area contributed by atoms with Crippen LogP contribution in [-0.2, 0) is 4.79 Å². The normalized spacial score (nSPS) is 22.3. The van der Waals surface area contributed by atoms with Crippen molar-refractivity contribution in [2.45, 2.75) is 51.4 Å². The molecule has 0 aromatic heterocycles. The summed E-state index contributed by atoms with van der Waals surface area (Å²) in [6, 6.07) is 0. The van der Waals surface area contributed by atoms with Gasteiger partial charge in [-0.25, -0.2) is 0 Å². The molecule has 1 aliphatic carbocycles. The molecule has 2 fully saturated rings. The highest BCUT2D eigenvalue weighted by atomic mass is 16.2. The van der Waals surface area contributed by atoms with E-state index in [1.54, 1.807) is 0 Å². The van der Waals surface area contributed by atoms with Crippen molar-refractivity contribution in [2.24, 2.45) is 11.8 Å². The van der Waals surface area contributed by atoms with Gasteiger partial charge in [-0.2, -0.15) is 0 Å². The Bertz CT molecular complexity index is 255. The predicted molar refractivity (Wildman–Crippen MR) is 74.4 cm³/mol. The zero-order valence-electron chi connectivity index (χ0n) is 11.8. The van der Waals surface area contributed by atoms with Gasteiger partial charge in [0.15, 0.2) is 0 Å². The number of piperidine rings is 1. The van der Waals surface area contributed by atoms with Gasteiger partial charge in [-0.1, -0.05) is 12.8 Å². The fraction of sp³-hybridized carbons (Fsp3) is 0.933. The highest BCUT2D eigenvalue weighted by Gasteiger charge is 2.21. The molecule has 18 heavy (non-hydrogen) atoms. The Labute approximate surface area is 111 Å². The quantitative estimate of drug-likeness (QED) is 0.815. The second kappa shape index (κ2) is 7.13. The van der Waals surface area contributed by atoms with Gasteiger partial charge in [0, 0.05) is 20.0 Å². The van der Waals surface area contributed by atoms with E-state index in [1.807, 2.05) is 11.9 Å². The van der Waals surface area contributed by atoms with Crippen molar-refractivity contribution in [3.63, 3.8) is 0 Å². The molecule has 1 N–H and O–H groups in total. The molecule has 1 amide bonds. The Hall–Kier alpha value is -0.570. The fourth-order valence-corrected chi connectivity index (χ4v) is 3.29. The molecule has 2 aliphatic rings. The number of carbonyl (C=O) groups excluding carboxylic acids is 1. The van der Waals surface area contributed by atoms with Crippen LogP contribution in [0, 0.1) is 11.8 Å². The Kier molecular flexibility index (Phi) is 5.48. The maximum absolute atomic E-state index is 12.1. The van der Waals surface area contributed by atoms with Crippen molar-refractivity contribution >= 4 is 5.91 Å². The summed E-state index contributed by atoms with van der Waals surface area (Å²) in [5, 5.41) is 3.39. The minimum atomic E-state index is 0.371. The summed E-state index contributed by atoms with van der Waals surface area (Å²) in [6.07, 6.45) is 9.75. The van der Waals surface area contributed by atoms with Gasteiger partial charge in [-0.3, -0.25) is 4.79 Å². The van der Waals surface area contributed by atoms with E-state index in [1.165, 1.54) is 44.9 Å². The Morgan fingerprint density at radius 1 is 1.11 bits per heavy atom. The standard InChI is InChI=1S/C15H28N2O/c1-17(11-8-13-6-9-16-10-7-13)15(18)12-14-4-2-3-5-14/h13-14,16H,2-12H2,1H3. The lowest BCUT2D eigenvalue weighted by atomic mass is 9.94. The maximum Gasteiger partial charge on any atom is 0.222 e. The van der Waals surface area contributed by atoms with Gasteiger partial charge in [0.1, 0.15) is 0 Å². The van der Waals surface area contributed by atoms with Crippen LogP contribution in [0.15, 0.2) is 0 Å². The van der Waals surface area contributed by atoms with Crippen LogP contribution in [0.25, 0.3) is 0 Å². The smallest absolute Gasteiger partial charge is 0.222 e. The van der Waals surface area contributed by atoms with Gasteiger partial charge in [-0.05, 0) is 57.0 Å². The number of hydrogen-bond donors (Lipinski definition) is 1. The third-order valence-corrected chi connectivity index (χ3v) is 4.70. The summed E-state index contributed by atoms with van der Waals surface area (Å²) in [5.74, 6) is 1.88. The summed E-state index contributed by atoms with van der Waals surface area (Å²) in [7, 11) is 1.98. The van der Waals surface area contributed by atoms with E-state index in [-0.39, 0.29) is 0 Å². The maximum atomic E-state index is 12.1. The molecule has 0 atom stereocenters. The lowest BCUT2D eigenvalue weighted by Gasteiger charge is -2.25. The first-order valence-electron chi connectivity index (χ1n) is 7.70. The van der Waals surface area contributed by atoms with Crippen LogP contribution in [0.3, 0.4) is 0 Å². The monoisotopic (exact) mass is 252 g/mol. The third-order valence-electron chi connectivity index (χ3n) is 4.70. The minimum Gasteiger partial charge on any atom is -0.346 e. The first kappa shape index (κ1) is 13.9. The average molecular weight is 252 g/mol. The summed E-state index contributed by atoms with van der Waals surface area (Å²) in [6.45, 7) is 3.27. The summed E-state index contributed by atoms with van der Waals surface area (Å²) < 4.78 is 0. The van der Waals surface area contributed by atoms with Crippen LogP contribution in [0.5, 0.6) is 0 Å². The number of nitrogens with zero attached hydrogens (tertiary/aromatic N) is 1. The lowest BCUT2D eigenvalue weighted by Crippen LogP contribution is -2.33. The molecule has 0 spiro atoms. The predicted octanol–water partition coefficient (Wildman–Crippen LogP) is 2.41. The second-order valence-electron chi connectivity index (χ2n) is 6.15. The van der Waals surface area contributed by atoms with Crippen LogP contribution < -0.4 is 5.32 Å². The van der Waals surface area contributed by atoms with E-state index in [9.17, 15) is 4.79 Å². The van der Waals surface area contributed by atoms with E-state index in [2.05, 4.69) is 5.32 Å². The van der Waals surface area contributed by atoms with Crippen molar-refractivity contribution in [1.82, 2.24) is 10.2 Å². The third kappa shape index (κ3) is 4.27. The van der Waals surface area contributed by atoms with E-state index < -0.39 is 0 Å². The number of nitrogens with one attached hydrogen (secondary N) is 1. The Balaban J connectivity index is 1.63. The molecule has 0 unspecified atom stereocenters. The largest absolute Gasteiger partial charge is 0.346 e. The number of rotatable bonds is 5. The molecule has 1 aliphatic heterocycles. The molecule has 0 bridgehead atoms. The first-order valence-corrected chi connectivity index (χ1v) is 7.70. The van der Waals surface area contributed by atoms with Gasteiger partial charge in [0.2, 0.25) is 5.91 Å². The molecule has 1 heterocycles. The van der Waals surface area contributed by atoms with Crippen LogP contribution in [0.4, 0.5) is 0 Å². The summed E-state index contributed by atoms with van der Waals surface area (Å²) in [5.41, 5.74) is 0. The lowest BCUT2D eigenvalue weighted by molar-refractivity contribution is -0.131. The second-order valence-corrected chi connectivity index (χ2v) is 6.15. The van der Waals surface area contributed by atoms with Gasteiger partial charge >= 0.3 is 0 Å². The van der Waals surface area contributed by atoms with E-state index >= 15 is 0 Å². The van der Waals surface area contributed by atoms with Crippen LogP contribution in [-0.4, -0.2) is 37.5 Å². The molecule has 1 saturated heterocycles. The molecule has 104 valence electrons. The van der Waals surface area contributed by atoms with Gasteiger partial charge in [0.05, 0.1) is 0 Å². The topological polar surface area (TPSA) is 32.3 Å². The zero-order chi connectivity index (χ0) is 12.8. The SMILES string of the molecule is CN(CCC1CCNCC1)C(=O)CC1CCCC1. The highest BCUT2D eigenvalue weighted by molar-refractivity contribution is 5.76. The Morgan fingerprint density at radius 3 is 2.44 bits per heavy atom. The van der Waals surface area contributed by atoms with Gasteiger partial charge in [-0.15, -0.1) is 0 Å². The minimum absolute atomic E-state index is 0.371. The van der Waals surface area contributed by atoms with Crippen molar-refractivity contribution in [1.29, 1.82) is 0 Å². The van der Waals surface area contributed by atoms with Gasteiger partial charge in [0.25, 0.3) is 0 Å². The fourth-order valence-electron chi connectivity index (χ4n) is 3.29. The van der Waals surface area contributed by atoms with Crippen molar-refractivity contribution in [3.05, 3.63) is 0 Å². The van der Waals surface area contributed by atoms with E-state index in [0.29, 0.717) is 11.8 Å². The number of hydrogen-bond acceptors (Lipinski definition) is 2. The molecule has 0 aromatic carbocycles. The van der Waals surface area contributed by atoms with E-state index in [0.717, 1.165) is 32.0 Å². The van der Waals surface area contributed by atoms with Gasteiger partial charge < -0.3 is 10.2 Å². The van der Waals surface area contributed by atoms with Crippen LogP contribution in [0.1, 0.15) is 51.4 Å². The molecule has 0 radical (unpaired) electrons. The van der Waals surface area contributed by atoms with Crippen molar-refractivity contribution < 1.29 is 4.79 Å². The molecule has 2 rings (SSSR count). The van der Waals surface area contributed by atoms with E-state index in [4.69, 9.17) is 0 Å². The molecule has 0 aromatic rings. The number of carbonyl (C=O) groups is 1. The summed E-state index contributed by atoms with van der Waals surface area (Å²) >= 11 is 0. The van der Waals surface area contributed by atoms with Crippen LogP contribution >= 0.6 is 0 Å². The van der Waals surface area contributed by atoms with Crippen LogP contribution in [0.2, 0.25) is 0 Å². The first-order chi connectivity index (χ1) is 8.75. The zero-order valence-corrected chi connectivity index (χ0v) is 11.8. The number of amides is 1. The molecular formula is C15H28N2O. The molecule has 3 nitrogen and oxygen atoms in total. The summed E-state index contributed by atoms with van der Waals surface area (Å²) in [4.78, 5) is 14.1. The molecule has 3 heteroatoms. The molecule has 1 saturated carbocycles. The molecular weight excluding hydrogens is 224 g/mol. The highest BCUT2D eigenvalue weighted by Crippen LogP contribution is 2.28.